The van der Waals surface area contributed by atoms with E-state index in [1.54, 1.807) is 11.3 Å². The van der Waals surface area contributed by atoms with E-state index in [1.807, 2.05) is 5.51 Å². The van der Waals surface area contributed by atoms with Crippen molar-refractivity contribution >= 4 is 17.1 Å². The van der Waals surface area contributed by atoms with Crippen molar-refractivity contribution in [2.75, 3.05) is 0 Å². The number of thiazole rings is 1. The van der Waals surface area contributed by atoms with E-state index in [2.05, 4.69) is 38.1 Å². The number of rotatable bonds is 0. The van der Waals surface area contributed by atoms with Gasteiger partial charge in [0.25, 0.3) is 0 Å². The maximum atomic E-state index is 13.4. The van der Waals surface area contributed by atoms with Gasteiger partial charge >= 0.3 is 0 Å². The summed E-state index contributed by atoms with van der Waals surface area (Å²) in [4.78, 5) is 19.4. The largest absolute Gasteiger partial charge is 0.294 e. The molecule has 0 radical (unpaired) electrons. The summed E-state index contributed by atoms with van der Waals surface area (Å²) >= 11 is 1.75. The quantitative estimate of drug-likeness (QED) is 0.669. The number of Topliss-reactive ketones (excluding diaryl/α,β-unsaturated/α-hetero) is 1. The Morgan fingerprint density at radius 2 is 2.00 bits per heavy atom. The molecule has 0 fully saturated rings. The Labute approximate surface area is 153 Å². The number of hydrogen-bond acceptors (Lipinski definition) is 3. The van der Waals surface area contributed by atoms with Gasteiger partial charge in [-0.2, -0.15) is 0 Å². The summed E-state index contributed by atoms with van der Waals surface area (Å²) in [5, 5.41) is 0. The predicted molar refractivity (Wildman–Crippen MR) is 101 cm³/mol. The van der Waals surface area contributed by atoms with E-state index in [0.29, 0.717) is 12.2 Å². The van der Waals surface area contributed by atoms with E-state index in [0.717, 1.165) is 37.7 Å². The van der Waals surface area contributed by atoms with Gasteiger partial charge in [0, 0.05) is 23.3 Å². The molecule has 0 aliphatic heterocycles. The lowest BCUT2D eigenvalue weighted by Crippen LogP contribution is -2.44. The summed E-state index contributed by atoms with van der Waals surface area (Å²) in [6, 6.07) is 8.79. The van der Waals surface area contributed by atoms with Crippen LogP contribution in [-0.2, 0) is 23.1 Å². The molecule has 0 amide bonds. The van der Waals surface area contributed by atoms with Crippen LogP contribution in [-0.4, -0.2) is 10.8 Å². The highest BCUT2D eigenvalue weighted by atomic mass is 32.1. The Kier molecular flexibility index (Phi) is 3.19. The summed E-state index contributed by atoms with van der Waals surface area (Å²) in [7, 11) is 0. The lowest BCUT2D eigenvalue weighted by Gasteiger charge is -2.47. The molecule has 2 nitrogen and oxygen atoms in total. The molecule has 3 aliphatic rings. The number of ketones is 1. The minimum absolute atomic E-state index is 0.0683. The van der Waals surface area contributed by atoms with E-state index < -0.39 is 0 Å². The smallest absolute Gasteiger partial charge is 0.160 e. The van der Waals surface area contributed by atoms with E-state index in [1.165, 1.54) is 27.3 Å². The Morgan fingerprint density at radius 1 is 1.16 bits per heavy atom. The molecule has 1 atom stereocenters. The lowest BCUT2D eigenvalue weighted by molar-refractivity contribution is -0.118. The van der Waals surface area contributed by atoms with Crippen LogP contribution in [0.15, 0.2) is 40.9 Å². The molecule has 5 rings (SSSR count). The van der Waals surface area contributed by atoms with Crippen molar-refractivity contribution in [3.63, 3.8) is 0 Å². The van der Waals surface area contributed by atoms with Crippen LogP contribution in [0.3, 0.4) is 0 Å². The molecule has 0 N–H and O–H groups in total. The fourth-order valence-electron chi connectivity index (χ4n) is 5.53. The molecule has 1 heterocycles. The highest BCUT2D eigenvalue weighted by Gasteiger charge is 2.52. The SMILES string of the molecule is CC1(C)CC(=O)C2=C(Cc3ncsc3[C@@]23CCCc2ccccc23)C1. The van der Waals surface area contributed by atoms with E-state index >= 15 is 0 Å². The van der Waals surface area contributed by atoms with Gasteiger partial charge in [0.05, 0.1) is 16.6 Å². The van der Waals surface area contributed by atoms with Crippen molar-refractivity contribution in [1.29, 1.82) is 0 Å². The zero-order valence-corrected chi connectivity index (χ0v) is 15.7. The zero-order valence-electron chi connectivity index (χ0n) is 14.9. The van der Waals surface area contributed by atoms with Crippen molar-refractivity contribution in [2.24, 2.45) is 5.41 Å². The van der Waals surface area contributed by atoms with Crippen LogP contribution < -0.4 is 0 Å². The number of carbonyl (C=O) groups excluding carboxylic acids is 1. The Balaban J connectivity index is 1.84. The van der Waals surface area contributed by atoms with Crippen molar-refractivity contribution in [2.45, 2.75) is 57.8 Å². The second kappa shape index (κ2) is 5.14. The minimum Gasteiger partial charge on any atom is -0.294 e. The number of allylic oxidation sites excluding steroid dienone is 2. The van der Waals surface area contributed by atoms with Crippen LogP contribution in [0.2, 0.25) is 0 Å². The number of aromatic nitrogens is 1. The van der Waals surface area contributed by atoms with E-state index in [4.69, 9.17) is 4.98 Å². The van der Waals surface area contributed by atoms with Gasteiger partial charge in [-0.05, 0) is 42.2 Å². The fourth-order valence-corrected chi connectivity index (χ4v) is 6.59. The van der Waals surface area contributed by atoms with Gasteiger partial charge < -0.3 is 0 Å². The van der Waals surface area contributed by atoms with Crippen molar-refractivity contribution < 1.29 is 4.79 Å². The lowest BCUT2D eigenvalue weighted by atomic mass is 9.56. The molecular formula is C22H23NOS. The summed E-state index contributed by atoms with van der Waals surface area (Å²) < 4.78 is 0. The molecule has 0 unspecified atom stereocenters. The van der Waals surface area contributed by atoms with Gasteiger partial charge in [-0.1, -0.05) is 43.7 Å². The van der Waals surface area contributed by atoms with Crippen LogP contribution in [0.25, 0.3) is 0 Å². The standard InChI is InChI=1S/C22H23NOS/c1-21(2)11-15-10-17-20(25-13-23-17)22(19(15)18(24)12-21)9-5-7-14-6-3-4-8-16(14)22/h3-4,6,8,13H,5,7,9-12H2,1-2H3/t22-/m1/s1. The molecule has 25 heavy (non-hydrogen) atoms. The zero-order chi connectivity index (χ0) is 17.2. The fraction of sp³-hybridized carbons (Fsp3) is 0.455. The van der Waals surface area contributed by atoms with Crippen LogP contribution in [0, 0.1) is 5.41 Å². The normalized spacial score (nSPS) is 27.0. The van der Waals surface area contributed by atoms with Crippen LogP contribution >= 0.6 is 11.3 Å². The van der Waals surface area contributed by atoms with E-state index in [9.17, 15) is 4.79 Å². The second-order valence-electron chi connectivity index (χ2n) is 8.64. The molecule has 1 aromatic carbocycles. The molecule has 1 aromatic heterocycles. The maximum absolute atomic E-state index is 13.4. The molecule has 3 heteroatoms. The minimum atomic E-state index is -0.230. The first kappa shape index (κ1) is 15.5. The summed E-state index contributed by atoms with van der Waals surface area (Å²) in [6.07, 6.45) is 5.87. The van der Waals surface area contributed by atoms with Gasteiger partial charge in [-0.3, -0.25) is 4.79 Å². The van der Waals surface area contributed by atoms with Crippen molar-refractivity contribution in [3.8, 4) is 0 Å². The van der Waals surface area contributed by atoms with Gasteiger partial charge in [0.2, 0.25) is 0 Å². The highest BCUT2D eigenvalue weighted by Crippen LogP contribution is 2.57. The van der Waals surface area contributed by atoms with Gasteiger partial charge in [-0.25, -0.2) is 4.98 Å². The third-order valence-electron chi connectivity index (χ3n) is 6.27. The highest BCUT2D eigenvalue weighted by molar-refractivity contribution is 7.10. The number of carbonyl (C=O) groups is 1. The first-order valence-electron chi connectivity index (χ1n) is 9.28. The topological polar surface area (TPSA) is 30.0 Å². The molecular weight excluding hydrogens is 326 g/mol. The molecule has 128 valence electrons. The number of nitrogens with zero attached hydrogens (tertiary/aromatic N) is 1. The third-order valence-corrected chi connectivity index (χ3v) is 7.31. The molecule has 0 saturated carbocycles. The Morgan fingerprint density at radius 3 is 2.88 bits per heavy atom. The summed E-state index contributed by atoms with van der Waals surface area (Å²) in [6.45, 7) is 4.46. The molecule has 1 spiro atoms. The van der Waals surface area contributed by atoms with Crippen LogP contribution in [0.5, 0.6) is 0 Å². The summed E-state index contributed by atoms with van der Waals surface area (Å²) in [5.41, 5.74) is 8.31. The third kappa shape index (κ3) is 2.08. The van der Waals surface area contributed by atoms with Gasteiger partial charge in [0.1, 0.15) is 0 Å². The monoisotopic (exact) mass is 349 g/mol. The maximum Gasteiger partial charge on any atom is 0.160 e. The molecule has 0 saturated heterocycles. The number of fused-ring (bicyclic) bond motifs is 5. The predicted octanol–water partition coefficient (Wildman–Crippen LogP) is 5.01. The average Bonchev–Trinajstić information content (AvgIpc) is 3.02. The van der Waals surface area contributed by atoms with Crippen molar-refractivity contribution in [1.82, 2.24) is 4.98 Å². The van der Waals surface area contributed by atoms with E-state index in [-0.39, 0.29) is 10.8 Å². The number of hydrogen-bond donors (Lipinski definition) is 0. The second-order valence-corrected chi connectivity index (χ2v) is 9.50. The van der Waals surface area contributed by atoms with Crippen molar-refractivity contribution in [3.05, 3.63) is 62.6 Å². The summed E-state index contributed by atoms with van der Waals surface area (Å²) in [5.74, 6) is 0.377. The first-order valence-corrected chi connectivity index (χ1v) is 10.2. The van der Waals surface area contributed by atoms with Gasteiger partial charge in [0.15, 0.2) is 5.78 Å². The molecule has 3 aliphatic carbocycles. The molecule has 2 aromatic rings. The first-order chi connectivity index (χ1) is 12.0. The Bertz CT molecular complexity index is 920. The number of benzene rings is 1. The van der Waals surface area contributed by atoms with Gasteiger partial charge in [-0.15, -0.1) is 11.3 Å². The average molecular weight is 349 g/mol. The number of aryl methyl sites for hydroxylation is 1. The molecule has 0 bridgehead atoms. The van der Waals surface area contributed by atoms with Crippen LogP contribution in [0.4, 0.5) is 0 Å². The van der Waals surface area contributed by atoms with Crippen LogP contribution in [0.1, 0.15) is 61.2 Å². The Hall–Kier alpha value is -1.74.